The van der Waals surface area contributed by atoms with Gasteiger partial charge in [0.15, 0.2) is 0 Å². The maximum absolute atomic E-state index is 12.7. The number of pyridine rings is 1. The van der Waals surface area contributed by atoms with E-state index in [1.165, 1.54) is 18.9 Å². The number of fused-ring (bicyclic) bond motifs is 1. The number of hydrogen-bond acceptors (Lipinski definition) is 2. The van der Waals surface area contributed by atoms with Gasteiger partial charge in [0, 0.05) is 29.6 Å². The number of halogens is 2. The maximum Gasteiger partial charge on any atom is 0.280 e. The van der Waals surface area contributed by atoms with Gasteiger partial charge in [-0.15, -0.1) is 0 Å². The minimum absolute atomic E-state index is 0.185. The second kappa shape index (κ2) is 5.11. The Morgan fingerprint density at radius 2 is 1.91 bits per heavy atom. The van der Waals surface area contributed by atoms with E-state index in [2.05, 4.69) is 23.5 Å². The summed E-state index contributed by atoms with van der Waals surface area (Å²) in [4.78, 5) is 8.83. The molecule has 0 saturated heterocycles. The highest BCUT2D eigenvalue weighted by Crippen LogP contribution is 2.41. The number of imidazole rings is 1. The molecule has 2 aromatic heterocycles. The fourth-order valence-electron chi connectivity index (χ4n) is 2.99. The van der Waals surface area contributed by atoms with Gasteiger partial charge in [-0.05, 0) is 38.0 Å². The summed E-state index contributed by atoms with van der Waals surface area (Å²) in [5.41, 5.74) is 3.50. The Labute approximate surface area is 133 Å². The first-order valence-corrected chi connectivity index (χ1v) is 7.77. The molecule has 0 unspecified atom stereocenters. The summed E-state index contributed by atoms with van der Waals surface area (Å²) in [7, 11) is 2.05. The molecular formula is C18H17F2N3. The smallest absolute Gasteiger partial charge is 0.280 e. The fourth-order valence-corrected chi connectivity index (χ4v) is 2.99. The molecule has 118 valence electrons. The van der Waals surface area contributed by atoms with E-state index in [1.54, 1.807) is 12.1 Å². The molecule has 1 aliphatic carbocycles. The van der Waals surface area contributed by atoms with Crippen molar-refractivity contribution < 1.29 is 8.78 Å². The minimum Gasteiger partial charge on any atom is -0.335 e. The lowest BCUT2D eigenvalue weighted by Crippen LogP contribution is -1.96. The number of benzene rings is 1. The van der Waals surface area contributed by atoms with Crippen LogP contribution in [0.4, 0.5) is 8.78 Å². The predicted molar refractivity (Wildman–Crippen MR) is 85.6 cm³/mol. The molecule has 1 aromatic carbocycles. The molecule has 0 bridgehead atoms. The molecule has 1 aliphatic rings. The second-order valence-corrected chi connectivity index (χ2v) is 6.18. The molecule has 5 heteroatoms. The monoisotopic (exact) mass is 313 g/mol. The van der Waals surface area contributed by atoms with E-state index in [0.29, 0.717) is 11.4 Å². The zero-order chi connectivity index (χ0) is 16.1. The van der Waals surface area contributed by atoms with Crippen LogP contribution in [0.5, 0.6) is 0 Å². The van der Waals surface area contributed by atoms with Gasteiger partial charge in [0.05, 0.1) is 11.2 Å². The summed E-state index contributed by atoms with van der Waals surface area (Å²) >= 11 is 0. The van der Waals surface area contributed by atoms with E-state index in [4.69, 9.17) is 4.98 Å². The van der Waals surface area contributed by atoms with Crippen molar-refractivity contribution >= 4 is 10.9 Å². The van der Waals surface area contributed by atoms with E-state index in [9.17, 15) is 8.78 Å². The topological polar surface area (TPSA) is 30.7 Å². The molecule has 0 spiro atoms. The van der Waals surface area contributed by atoms with Crippen LogP contribution in [0.3, 0.4) is 0 Å². The predicted octanol–water partition coefficient (Wildman–Crippen LogP) is 4.76. The molecule has 1 fully saturated rings. The standard InChI is InChI=1S/C18H17F2N3/c1-10-16(22-18(23(10)2)11-3-4-11)13-6-7-14-12(9-13)5-8-15(21-14)17(19)20/h5-9,11,17H,3-4H2,1-2H3. The molecular weight excluding hydrogens is 296 g/mol. The Morgan fingerprint density at radius 1 is 1.13 bits per heavy atom. The van der Waals surface area contributed by atoms with Gasteiger partial charge in [-0.2, -0.15) is 0 Å². The highest BCUT2D eigenvalue weighted by Gasteiger charge is 2.29. The Morgan fingerprint density at radius 3 is 2.61 bits per heavy atom. The summed E-state index contributed by atoms with van der Waals surface area (Å²) < 4.78 is 27.7. The quantitative estimate of drug-likeness (QED) is 0.698. The molecule has 0 radical (unpaired) electrons. The molecule has 1 saturated carbocycles. The first kappa shape index (κ1) is 14.3. The Kier molecular flexibility index (Phi) is 3.18. The Bertz CT molecular complexity index is 895. The van der Waals surface area contributed by atoms with Crippen molar-refractivity contribution in [3.8, 4) is 11.3 Å². The van der Waals surface area contributed by atoms with Crippen LogP contribution < -0.4 is 0 Å². The lowest BCUT2D eigenvalue weighted by atomic mass is 10.1. The van der Waals surface area contributed by atoms with Gasteiger partial charge < -0.3 is 4.57 Å². The zero-order valence-electron chi connectivity index (χ0n) is 13.1. The van der Waals surface area contributed by atoms with Crippen LogP contribution in [0.15, 0.2) is 30.3 Å². The normalized spacial score (nSPS) is 14.8. The van der Waals surface area contributed by atoms with E-state index in [0.717, 1.165) is 28.2 Å². The van der Waals surface area contributed by atoms with Gasteiger partial charge in [-0.1, -0.05) is 12.1 Å². The van der Waals surface area contributed by atoms with Gasteiger partial charge in [-0.25, -0.2) is 18.7 Å². The van der Waals surface area contributed by atoms with Crippen LogP contribution >= 0.6 is 0 Å². The van der Waals surface area contributed by atoms with Gasteiger partial charge in [0.1, 0.15) is 11.5 Å². The number of alkyl halides is 2. The van der Waals surface area contributed by atoms with E-state index in [-0.39, 0.29) is 5.69 Å². The highest BCUT2D eigenvalue weighted by atomic mass is 19.3. The van der Waals surface area contributed by atoms with Crippen LogP contribution in [0.1, 0.15) is 42.4 Å². The van der Waals surface area contributed by atoms with Crippen LogP contribution in [0.2, 0.25) is 0 Å². The summed E-state index contributed by atoms with van der Waals surface area (Å²) in [6.07, 6.45) is -0.123. The highest BCUT2D eigenvalue weighted by molar-refractivity contribution is 5.84. The first-order chi connectivity index (χ1) is 11.0. The number of rotatable bonds is 3. The van der Waals surface area contributed by atoms with E-state index in [1.807, 2.05) is 12.1 Å². The fraction of sp³-hybridized carbons (Fsp3) is 0.333. The largest absolute Gasteiger partial charge is 0.335 e. The van der Waals surface area contributed by atoms with Gasteiger partial charge >= 0.3 is 0 Å². The van der Waals surface area contributed by atoms with Crippen molar-refractivity contribution in [1.82, 2.24) is 14.5 Å². The zero-order valence-corrected chi connectivity index (χ0v) is 13.1. The molecule has 0 aliphatic heterocycles. The molecule has 0 N–H and O–H groups in total. The molecule has 2 heterocycles. The SMILES string of the molecule is Cc1c(-c2ccc3nc(C(F)F)ccc3c2)nc(C2CC2)n1C. The van der Waals surface area contributed by atoms with Gasteiger partial charge in [-0.3, -0.25) is 0 Å². The van der Waals surface area contributed by atoms with Crippen LogP contribution in [0, 0.1) is 6.92 Å². The van der Waals surface area contributed by atoms with Gasteiger partial charge in [0.25, 0.3) is 6.43 Å². The average molecular weight is 313 g/mol. The third-order valence-electron chi connectivity index (χ3n) is 4.57. The third-order valence-corrected chi connectivity index (χ3v) is 4.57. The first-order valence-electron chi connectivity index (χ1n) is 7.77. The maximum atomic E-state index is 12.7. The Balaban J connectivity index is 1.80. The summed E-state index contributed by atoms with van der Waals surface area (Å²) in [6.45, 7) is 2.07. The molecule has 0 amide bonds. The number of aromatic nitrogens is 3. The van der Waals surface area contributed by atoms with Gasteiger partial charge in [0.2, 0.25) is 0 Å². The second-order valence-electron chi connectivity index (χ2n) is 6.18. The number of nitrogens with zero attached hydrogens (tertiary/aromatic N) is 3. The Hall–Kier alpha value is -2.30. The molecule has 23 heavy (non-hydrogen) atoms. The van der Waals surface area contributed by atoms with Crippen molar-refractivity contribution in [2.24, 2.45) is 7.05 Å². The minimum atomic E-state index is -2.54. The lowest BCUT2D eigenvalue weighted by Gasteiger charge is -2.05. The molecule has 3 nitrogen and oxygen atoms in total. The summed E-state index contributed by atoms with van der Waals surface area (Å²) in [6, 6.07) is 8.77. The van der Waals surface area contributed by atoms with Crippen molar-refractivity contribution in [3.05, 3.63) is 47.5 Å². The van der Waals surface area contributed by atoms with Crippen molar-refractivity contribution in [2.45, 2.75) is 32.1 Å². The molecule has 0 atom stereocenters. The van der Waals surface area contributed by atoms with Crippen LogP contribution in [-0.4, -0.2) is 14.5 Å². The lowest BCUT2D eigenvalue weighted by molar-refractivity contribution is 0.146. The van der Waals surface area contributed by atoms with E-state index >= 15 is 0 Å². The van der Waals surface area contributed by atoms with E-state index < -0.39 is 6.43 Å². The summed E-state index contributed by atoms with van der Waals surface area (Å²) in [5.74, 6) is 1.73. The van der Waals surface area contributed by atoms with Crippen molar-refractivity contribution in [3.63, 3.8) is 0 Å². The third kappa shape index (κ3) is 2.40. The molecule has 4 rings (SSSR count). The summed E-state index contributed by atoms with van der Waals surface area (Å²) in [5, 5.41) is 0.852. The molecule has 3 aromatic rings. The van der Waals surface area contributed by atoms with Crippen LogP contribution in [-0.2, 0) is 7.05 Å². The van der Waals surface area contributed by atoms with Crippen molar-refractivity contribution in [1.29, 1.82) is 0 Å². The number of hydrogen-bond donors (Lipinski definition) is 0. The van der Waals surface area contributed by atoms with Crippen LogP contribution in [0.25, 0.3) is 22.2 Å². The average Bonchev–Trinajstić information content (AvgIpc) is 3.34. The van der Waals surface area contributed by atoms with Crippen molar-refractivity contribution in [2.75, 3.05) is 0 Å².